The number of benzene rings is 2. The van der Waals surface area contributed by atoms with Gasteiger partial charge in [0.15, 0.2) is 9.84 Å². The molecule has 0 radical (unpaired) electrons. The van der Waals surface area contributed by atoms with Crippen LogP contribution in [0.1, 0.15) is 50.7 Å². The molecule has 1 fully saturated rings. The number of fused-ring (bicyclic) bond motifs is 1. The lowest BCUT2D eigenvalue weighted by molar-refractivity contribution is -0.0416. The number of rotatable bonds is 5. The zero-order chi connectivity index (χ0) is 27.9. The number of amides is 1. The Balaban J connectivity index is 1.79. The smallest absolute Gasteiger partial charge is 0.410 e. The molecule has 1 amide bonds. The van der Waals surface area contributed by atoms with E-state index in [0.29, 0.717) is 24.5 Å². The van der Waals surface area contributed by atoms with Crippen LogP contribution in [-0.4, -0.2) is 67.2 Å². The Morgan fingerprint density at radius 3 is 2.29 bits per heavy atom. The van der Waals surface area contributed by atoms with E-state index < -0.39 is 33.1 Å². The number of likely N-dealkylation sites (tertiary alicyclic amines) is 1. The Morgan fingerprint density at radius 1 is 1.11 bits per heavy atom. The van der Waals surface area contributed by atoms with E-state index in [0.717, 1.165) is 27.2 Å². The van der Waals surface area contributed by atoms with Crippen molar-refractivity contribution in [3.05, 3.63) is 64.1 Å². The third kappa shape index (κ3) is 6.13. The monoisotopic (exact) mass is 604 g/mol. The van der Waals surface area contributed by atoms with Crippen molar-refractivity contribution in [2.45, 2.75) is 55.6 Å². The maximum Gasteiger partial charge on any atom is 0.410 e. The van der Waals surface area contributed by atoms with Crippen molar-refractivity contribution >= 4 is 42.8 Å². The Kier molecular flexibility index (Phi) is 7.80. The number of halogens is 1. The molecule has 8 nitrogen and oxygen atoms in total. The number of sulfone groups is 1. The molecule has 0 aliphatic carbocycles. The number of hydrogen-bond donors (Lipinski definition) is 1. The highest BCUT2D eigenvalue weighted by molar-refractivity contribution is 9.10. The number of piperidine rings is 1. The van der Waals surface area contributed by atoms with Gasteiger partial charge < -0.3 is 19.5 Å². The van der Waals surface area contributed by atoms with Gasteiger partial charge in [-0.25, -0.2) is 18.2 Å². The molecular formula is C28H33BrN2O6S. The SMILES string of the molecule is COc1nc2ccc(Br)cc2cc1C(c1ccc(S(C)(=O)=O)cc1)C1(O)CCN(C(=O)OC(C)(C)C)CC1. The van der Waals surface area contributed by atoms with Gasteiger partial charge in [-0.15, -0.1) is 0 Å². The van der Waals surface area contributed by atoms with Crippen LogP contribution < -0.4 is 4.74 Å². The van der Waals surface area contributed by atoms with Crippen molar-refractivity contribution in [1.29, 1.82) is 0 Å². The van der Waals surface area contributed by atoms with Gasteiger partial charge >= 0.3 is 6.09 Å². The topological polar surface area (TPSA) is 106 Å². The fraction of sp³-hybridized carbons (Fsp3) is 0.429. The van der Waals surface area contributed by atoms with Crippen LogP contribution >= 0.6 is 15.9 Å². The second-order valence-electron chi connectivity index (χ2n) is 10.8. The summed E-state index contributed by atoms with van der Waals surface area (Å²) in [4.78, 5) is 19.2. The molecule has 0 bridgehead atoms. The highest BCUT2D eigenvalue weighted by Crippen LogP contribution is 2.45. The number of pyridine rings is 1. The summed E-state index contributed by atoms with van der Waals surface area (Å²) in [7, 11) is -1.85. The first kappa shape index (κ1) is 28.3. The highest BCUT2D eigenvalue weighted by Gasteiger charge is 2.44. The van der Waals surface area contributed by atoms with Crippen molar-refractivity contribution in [2.24, 2.45) is 0 Å². The van der Waals surface area contributed by atoms with Gasteiger partial charge in [0.2, 0.25) is 5.88 Å². The van der Waals surface area contributed by atoms with Crippen molar-refractivity contribution in [2.75, 3.05) is 26.5 Å². The highest BCUT2D eigenvalue weighted by atomic mass is 79.9. The predicted molar refractivity (Wildman–Crippen MR) is 149 cm³/mol. The fourth-order valence-electron chi connectivity index (χ4n) is 4.89. The molecule has 1 atom stereocenters. The lowest BCUT2D eigenvalue weighted by atomic mass is 9.72. The molecule has 38 heavy (non-hydrogen) atoms. The Labute approximate surface area is 232 Å². The molecule has 2 heterocycles. The summed E-state index contributed by atoms with van der Waals surface area (Å²) in [5.41, 5.74) is 0.262. The first-order chi connectivity index (χ1) is 17.7. The number of aromatic nitrogens is 1. The average Bonchev–Trinajstić information content (AvgIpc) is 2.82. The zero-order valence-electron chi connectivity index (χ0n) is 22.2. The molecule has 1 aromatic heterocycles. The van der Waals surface area contributed by atoms with Crippen LogP contribution in [0.4, 0.5) is 4.79 Å². The minimum atomic E-state index is -3.39. The molecular weight excluding hydrogens is 572 g/mol. The molecule has 1 N–H and O–H groups in total. The van der Waals surface area contributed by atoms with Crippen molar-refractivity contribution in [3.63, 3.8) is 0 Å². The Bertz CT molecular complexity index is 1440. The number of hydrogen-bond acceptors (Lipinski definition) is 7. The van der Waals surface area contributed by atoms with Crippen LogP contribution in [-0.2, 0) is 14.6 Å². The van der Waals surface area contributed by atoms with Gasteiger partial charge in [0, 0.05) is 40.7 Å². The van der Waals surface area contributed by atoms with Crippen LogP contribution in [0.3, 0.4) is 0 Å². The van der Waals surface area contributed by atoms with Crippen LogP contribution in [0.25, 0.3) is 10.9 Å². The molecule has 204 valence electrons. The second kappa shape index (κ2) is 10.5. The molecule has 3 aromatic rings. The standard InChI is InChI=1S/C28H33BrN2O6S/c1-27(2,3)37-26(32)31-14-12-28(33,13-15-31)24(18-6-9-21(10-7-18)38(5,34)35)22-17-19-16-20(29)8-11-23(19)30-25(22)36-4/h6-11,16-17,24,33H,12-15H2,1-5H3. The van der Waals surface area contributed by atoms with Gasteiger partial charge in [-0.05, 0) is 75.6 Å². The maximum absolute atomic E-state index is 12.7. The maximum atomic E-state index is 12.7. The van der Waals surface area contributed by atoms with E-state index >= 15 is 0 Å². The van der Waals surface area contributed by atoms with Crippen molar-refractivity contribution in [1.82, 2.24) is 9.88 Å². The summed E-state index contributed by atoms with van der Waals surface area (Å²) in [5.74, 6) is -0.220. The van der Waals surface area contributed by atoms with Crippen molar-refractivity contribution < 1.29 is 27.8 Å². The number of aliphatic hydroxyl groups is 1. The predicted octanol–water partition coefficient (Wildman–Crippen LogP) is 5.30. The number of nitrogens with zero attached hydrogens (tertiary/aromatic N) is 2. The molecule has 1 saturated heterocycles. The van der Waals surface area contributed by atoms with Crippen LogP contribution in [0.15, 0.2) is 57.9 Å². The number of ether oxygens (including phenoxy) is 2. The van der Waals surface area contributed by atoms with Gasteiger partial charge in [0.05, 0.1) is 23.1 Å². The van der Waals surface area contributed by atoms with E-state index in [2.05, 4.69) is 15.9 Å². The van der Waals surface area contributed by atoms with E-state index in [1.807, 2.05) is 45.0 Å². The van der Waals surface area contributed by atoms with Gasteiger partial charge in [0.25, 0.3) is 0 Å². The first-order valence-electron chi connectivity index (χ1n) is 12.3. The number of carbonyl (C=O) groups excluding carboxylic acids is 1. The summed E-state index contributed by atoms with van der Waals surface area (Å²) in [6.07, 6.45) is 1.31. The number of carbonyl (C=O) groups is 1. The molecule has 1 aliphatic rings. The average molecular weight is 606 g/mol. The van der Waals surface area contributed by atoms with Crippen LogP contribution in [0.5, 0.6) is 5.88 Å². The molecule has 1 unspecified atom stereocenters. The van der Waals surface area contributed by atoms with E-state index in [-0.39, 0.29) is 17.7 Å². The third-order valence-corrected chi connectivity index (χ3v) is 8.36. The van der Waals surface area contributed by atoms with E-state index in [1.165, 1.54) is 7.11 Å². The zero-order valence-corrected chi connectivity index (χ0v) is 24.6. The second-order valence-corrected chi connectivity index (χ2v) is 13.7. The summed E-state index contributed by atoms with van der Waals surface area (Å²) in [6.45, 7) is 6.06. The van der Waals surface area contributed by atoms with Crippen LogP contribution in [0.2, 0.25) is 0 Å². The Morgan fingerprint density at radius 2 is 1.74 bits per heavy atom. The number of methoxy groups -OCH3 is 1. The lowest BCUT2D eigenvalue weighted by Crippen LogP contribution is -2.50. The molecule has 1 aliphatic heterocycles. The molecule has 10 heteroatoms. The van der Waals surface area contributed by atoms with Gasteiger partial charge in [-0.1, -0.05) is 28.1 Å². The minimum Gasteiger partial charge on any atom is -0.481 e. The van der Waals surface area contributed by atoms with Crippen LogP contribution in [0, 0.1) is 0 Å². The van der Waals surface area contributed by atoms with Crippen molar-refractivity contribution in [3.8, 4) is 5.88 Å². The largest absolute Gasteiger partial charge is 0.481 e. The summed E-state index contributed by atoms with van der Waals surface area (Å²) in [5, 5.41) is 13.0. The van der Waals surface area contributed by atoms with Gasteiger partial charge in [-0.2, -0.15) is 0 Å². The first-order valence-corrected chi connectivity index (χ1v) is 15.0. The fourth-order valence-corrected chi connectivity index (χ4v) is 5.90. The summed E-state index contributed by atoms with van der Waals surface area (Å²) in [6, 6.07) is 14.2. The summed E-state index contributed by atoms with van der Waals surface area (Å²) >= 11 is 3.51. The summed E-state index contributed by atoms with van der Waals surface area (Å²) < 4.78 is 36.3. The molecule has 2 aromatic carbocycles. The third-order valence-electron chi connectivity index (χ3n) is 6.73. The van der Waals surface area contributed by atoms with Gasteiger partial charge in [0.1, 0.15) is 5.60 Å². The van der Waals surface area contributed by atoms with E-state index in [9.17, 15) is 18.3 Å². The van der Waals surface area contributed by atoms with E-state index in [4.69, 9.17) is 14.5 Å². The minimum absolute atomic E-state index is 0.194. The lowest BCUT2D eigenvalue weighted by Gasteiger charge is -2.43. The van der Waals surface area contributed by atoms with E-state index in [1.54, 1.807) is 29.2 Å². The normalized spacial score (nSPS) is 16.8. The molecule has 0 spiro atoms. The molecule has 4 rings (SSSR count). The quantitative estimate of drug-likeness (QED) is 0.421. The molecule has 0 saturated carbocycles. The Hall–Kier alpha value is -2.69. The van der Waals surface area contributed by atoms with Gasteiger partial charge in [-0.3, -0.25) is 0 Å².